The number of methoxy groups -OCH3 is 2. The summed E-state index contributed by atoms with van der Waals surface area (Å²) < 4.78 is 15.8. The first-order valence-corrected chi connectivity index (χ1v) is 9.76. The van der Waals surface area contributed by atoms with Crippen molar-refractivity contribution in [2.75, 3.05) is 19.5 Å². The summed E-state index contributed by atoms with van der Waals surface area (Å²) >= 11 is 0. The Morgan fingerprint density at radius 1 is 0.939 bits per heavy atom. The van der Waals surface area contributed by atoms with Gasteiger partial charge in [-0.2, -0.15) is 0 Å². The third kappa shape index (κ3) is 4.24. The molecule has 3 aromatic carbocycles. The maximum absolute atomic E-state index is 12.7. The zero-order valence-electron chi connectivity index (χ0n) is 17.7. The largest absolute Gasteiger partial charge is 0.496 e. The lowest BCUT2D eigenvalue weighted by molar-refractivity contribution is -0.385. The van der Waals surface area contributed by atoms with Crippen LogP contribution < -0.4 is 20.4 Å². The number of carbonyl (C=O) groups excluding carboxylic acids is 1. The van der Waals surface area contributed by atoms with Crippen molar-refractivity contribution in [2.24, 2.45) is 0 Å². The highest BCUT2D eigenvalue weighted by Crippen LogP contribution is 2.33. The van der Waals surface area contributed by atoms with Crippen LogP contribution in [0.4, 0.5) is 11.4 Å². The molecule has 0 aliphatic heterocycles. The number of benzene rings is 3. The molecule has 9 nitrogen and oxygen atoms in total. The highest BCUT2D eigenvalue weighted by molar-refractivity contribution is 6.05. The lowest BCUT2D eigenvalue weighted by atomic mass is 10.0. The summed E-state index contributed by atoms with van der Waals surface area (Å²) in [7, 11) is 2.76. The molecular formula is C24H18N2O7. The minimum atomic E-state index is -0.622. The number of carbonyl (C=O) groups is 1. The number of hydrogen-bond acceptors (Lipinski definition) is 7. The quantitative estimate of drug-likeness (QED) is 0.260. The fourth-order valence-corrected chi connectivity index (χ4v) is 3.42. The molecule has 1 amide bonds. The third-order valence-corrected chi connectivity index (χ3v) is 5.03. The first kappa shape index (κ1) is 21.6. The second-order valence-electron chi connectivity index (χ2n) is 7.00. The van der Waals surface area contributed by atoms with E-state index in [-0.39, 0.29) is 17.0 Å². The van der Waals surface area contributed by atoms with Crippen molar-refractivity contribution in [2.45, 2.75) is 0 Å². The summed E-state index contributed by atoms with van der Waals surface area (Å²) in [6.07, 6.45) is 0. The van der Waals surface area contributed by atoms with Gasteiger partial charge in [0.05, 0.1) is 24.7 Å². The Labute approximate surface area is 187 Å². The Morgan fingerprint density at radius 3 is 2.42 bits per heavy atom. The number of nitrogens with one attached hydrogen (secondary N) is 1. The molecule has 166 valence electrons. The molecular weight excluding hydrogens is 428 g/mol. The van der Waals surface area contributed by atoms with Crippen LogP contribution in [0.15, 0.2) is 75.9 Å². The summed E-state index contributed by atoms with van der Waals surface area (Å²) in [5.74, 6) is -0.159. The summed E-state index contributed by atoms with van der Waals surface area (Å²) in [6, 6.07) is 17.6. The minimum Gasteiger partial charge on any atom is -0.496 e. The zero-order chi connectivity index (χ0) is 23.5. The van der Waals surface area contributed by atoms with Gasteiger partial charge in [0.1, 0.15) is 11.3 Å². The Morgan fingerprint density at radius 2 is 1.70 bits per heavy atom. The molecule has 0 spiro atoms. The molecule has 0 atom stereocenters. The SMILES string of the molecule is COc1cc(NC(=O)c2ccc(OC)c([N+](=O)[O-])c2)ccc1-c1cc2ccccc2oc1=O. The number of hydrogen-bond donors (Lipinski definition) is 1. The topological polar surface area (TPSA) is 121 Å². The van der Waals surface area contributed by atoms with Gasteiger partial charge < -0.3 is 19.2 Å². The molecule has 1 heterocycles. The van der Waals surface area contributed by atoms with Crippen molar-refractivity contribution in [1.82, 2.24) is 0 Å². The number of rotatable bonds is 6. The van der Waals surface area contributed by atoms with E-state index in [9.17, 15) is 19.7 Å². The molecule has 0 aliphatic rings. The van der Waals surface area contributed by atoms with Crippen LogP contribution in [-0.2, 0) is 0 Å². The highest BCUT2D eigenvalue weighted by Gasteiger charge is 2.19. The number of nitrogens with zero attached hydrogens (tertiary/aromatic N) is 1. The third-order valence-electron chi connectivity index (χ3n) is 5.03. The van der Waals surface area contributed by atoms with Gasteiger partial charge >= 0.3 is 11.3 Å². The van der Waals surface area contributed by atoms with Gasteiger partial charge in [0, 0.05) is 34.3 Å². The molecule has 0 bridgehead atoms. The minimum absolute atomic E-state index is 0.0526. The van der Waals surface area contributed by atoms with E-state index in [0.717, 1.165) is 11.5 Å². The van der Waals surface area contributed by atoms with Crippen LogP contribution in [0.2, 0.25) is 0 Å². The highest BCUT2D eigenvalue weighted by atomic mass is 16.6. The average molecular weight is 446 g/mol. The molecule has 33 heavy (non-hydrogen) atoms. The lowest BCUT2D eigenvalue weighted by Crippen LogP contribution is -2.12. The second-order valence-corrected chi connectivity index (χ2v) is 7.00. The van der Waals surface area contributed by atoms with E-state index in [2.05, 4.69) is 5.32 Å². The van der Waals surface area contributed by atoms with Crippen molar-refractivity contribution in [1.29, 1.82) is 0 Å². The van der Waals surface area contributed by atoms with Crippen LogP contribution in [0.25, 0.3) is 22.1 Å². The normalized spacial score (nSPS) is 10.6. The Kier molecular flexibility index (Phi) is 5.77. The molecule has 0 saturated heterocycles. The summed E-state index contributed by atoms with van der Waals surface area (Å²) in [5, 5.41) is 14.7. The van der Waals surface area contributed by atoms with E-state index in [1.807, 2.05) is 12.1 Å². The van der Waals surface area contributed by atoms with E-state index in [0.29, 0.717) is 28.1 Å². The standard InChI is InChI=1S/C24H18N2O7/c1-31-21-10-7-15(12-19(21)26(29)30)23(27)25-16-8-9-17(22(13-16)32-2)18-11-14-5-3-4-6-20(14)33-24(18)28/h3-13H,1-2H3,(H,25,27). The number of nitro benzene ring substituents is 1. The van der Waals surface area contributed by atoms with Crippen molar-refractivity contribution >= 4 is 28.3 Å². The fraction of sp³-hybridized carbons (Fsp3) is 0.0833. The van der Waals surface area contributed by atoms with Gasteiger partial charge in [0.15, 0.2) is 5.75 Å². The lowest BCUT2D eigenvalue weighted by Gasteiger charge is -2.12. The van der Waals surface area contributed by atoms with Crippen molar-refractivity contribution in [3.05, 3.63) is 92.8 Å². The fourth-order valence-electron chi connectivity index (χ4n) is 3.42. The Bertz CT molecular complexity index is 1440. The van der Waals surface area contributed by atoms with Gasteiger partial charge in [-0.15, -0.1) is 0 Å². The van der Waals surface area contributed by atoms with Gasteiger partial charge in [-0.3, -0.25) is 14.9 Å². The van der Waals surface area contributed by atoms with Crippen LogP contribution in [0, 0.1) is 10.1 Å². The monoisotopic (exact) mass is 446 g/mol. The van der Waals surface area contributed by atoms with Crippen LogP contribution in [0.5, 0.6) is 11.5 Å². The summed E-state index contributed by atoms with van der Waals surface area (Å²) in [6.45, 7) is 0. The average Bonchev–Trinajstić information content (AvgIpc) is 2.83. The summed E-state index contributed by atoms with van der Waals surface area (Å²) in [5.41, 5.74) is 0.910. The maximum atomic E-state index is 12.7. The number of anilines is 1. The van der Waals surface area contributed by atoms with Gasteiger partial charge in [-0.05, 0) is 36.4 Å². The number of fused-ring (bicyclic) bond motifs is 1. The van der Waals surface area contributed by atoms with E-state index in [4.69, 9.17) is 13.9 Å². The smallest absolute Gasteiger partial charge is 0.344 e. The maximum Gasteiger partial charge on any atom is 0.344 e. The molecule has 0 aliphatic carbocycles. The molecule has 0 unspecified atom stereocenters. The molecule has 1 aromatic heterocycles. The zero-order valence-corrected chi connectivity index (χ0v) is 17.7. The Hall–Kier alpha value is -4.66. The van der Waals surface area contributed by atoms with E-state index in [1.165, 1.54) is 26.4 Å². The van der Waals surface area contributed by atoms with Crippen molar-refractivity contribution in [3.63, 3.8) is 0 Å². The first-order valence-electron chi connectivity index (χ1n) is 9.76. The van der Waals surface area contributed by atoms with Crippen LogP contribution in [0.3, 0.4) is 0 Å². The van der Waals surface area contributed by atoms with E-state index < -0.39 is 16.5 Å². The predicted octanol–water partition coefficient (Wildman–Crippen LogP) is 4.64. The first-order chi connectivity index (χ1) is 15.9. The Balaban J connectivity index is 1.66. The van der Waals surface area contributed by atoms with Crippen molar-refractivity contribution in [3.8, 4) is 22.6 Å². The molecule has 1 N–H and O–H groups in total. The van der Waals surface area contributed by atoms with Crippen molar-refractivity contribution < 1.29 is 23.6 Å². The van der Waals surface area contributed by atoms with Gasteiger partial charge in [-0.1, -0.05) is 18.2 Å². The predicted molar refractivity (Wildman–Crippen MR) is 122 cm³/mol. The molecule has 0 fully saturated rings. The van der Waals surface area contributed by atoms with Crippen LogP contribution in [0.1, 0.15) is 10.4 Å². The second kappa shape index (κ2) is 8.83. The number of para-hydroxylation sites is 1. The molecule has 0 saturated carbocycles. The van der Waals surface area contributed by atoms with Crippen LogP contribution in [-0.4, -0.2) is 25.1 Å². The van der Waals surface area contributed by atoms with Crippen LogP contribution >= 0.6 is 0 Å². The molecule has 0 radical (unpaired) electrons. The molecule has 4 rings (SSSR count). The number of nitro groups is 1. The van der Waals surface area contributed by atoms with Gasteiger partial charge in [0.25, 0.3) is 5.91 Å². The van der Waals surface area contributed by atoms with Gasteiger partial charge in [0.2, 0.25) is 0 Å². The number of ether oxygens (including phenoxy) is 2. The molecule has 4 aromatic rings. The molecule has 9 heteroatoms. The summed E-state index contributed by atoms with van der Waals surface area (Å²) in [4.78, 5) is 35.8. The van der Waals surface area contributed by atoms with E-state index in [1.54, 1.807) is 36.4 Å². The number of amides is 1. The van der Waals surface area contributed by atoms with Gasteiger partial charge in [-0.25, -0.2) is 4.79 Å². The van der Waals surface area contributed by atoms with E-state index >= 15 is 0 Å².